The van der Waals surface area contributed by atoms with Gasteiger partial charge >= 0.3 is 6.03 Å². The van der Waals surface area contributed by atoms with Crippen molar-refractivity contribution in [3.05, 3.63) is 76.0 Å². The first-order chi connectivity index (χ1) is 16.0. The number of rotatable bonds is 7. The number of halogens is 1. The van der Waals surface area contributed by atoms with Crippen LogP contribution in [0.3, 0.4) is 0 Å². The number of anilines is 2. The first-order valence-corrected chi connectivity index (χ1v) is 12.0. The van der Waals surface area contributed by atoms with Crippen LogP contribution in [0, 0.1) is 18.7 Å². The van der Waals surface area contributed by atoms with Crippen LogP contribution < -0.4 is 15.5 Å². The van der Waals surface area contributed by atoms with Gasteiger partial charge in [0.05, 0.1) is 0 Å². The SMILES string of the molecule is Cc1ccc(Cc2cnc(NC(=O)NCc3ccc(N4CCC(CO)CC4)cc3)s2)cc1F. The summed E-state index contributed by atoms with van der Waals surface area (Å²) in [4.78, 5) is 19.8. The maximum atomic E-state index is 13.7. The van der Waals surface area contributed by atoms with Crippen LogP contribution in [0.2, 0.25) is 0 Å². The van der Waals surface area contributed by atoms with Crippen LogP contribution in [0.25, 0.3) is 0 Å². The molecule has 0 spiro atoms. The maximum Gasteiger partial charge on any atom is 0.321 e. The number of thiazole rings is 1. The number of nitrogens with one attached hydrogen (secondary N) is 2. The predicted molar refractivity (Wildman–Crippen MR) is 130 cm³/mol. The summed E-state index contributed by atoms with van der Waals surface area (Å²) in [7, 11) is 0. The lowest BCUT2D eigenvalue weighted by Crippen LogP contribution is -2.34. The molecule has 33 heavy (non-hydrogen) atoms. The number of amides is 2. The van der Waals surface area contributed by atoms with Crippen molar-refractivity contribution >= 4 is 28.2 Å². The Morgan fingerprint density at radius 3 is 2.61 bits per heavy atom. The smallest absolute Gasteiger partial charge is 0.321 e. The molecule has 0 atom stereocenters. The minimum Gasteiger partial charge on any atom is -0.396 e. The molecule has 0 bridgehead atoms. The Morgan fingerprint density at radius 2 is 1.91 bits per heavy atom. The highest BCUT2D eigenvalue weighted by Crippen LogP contribution is 2.24. The number of carbonyl (C=O) groups excluding carboxylic acids is 1. The van der Waals surface area contributed by atoms with Crippen molar-refractivity contribution in [3.8, 4) is 0 Å². The monoisotopic (exact) mass is 468 g/mol. The van der Waals surface area contributed by atoms with E-state index in [1.807, 2.05) is 18.2 Å². The average Bonchev–Trinajstić information content (AvgIpc) is 3.27. The largest absolute Gasteiger partial charge is 0.396 e. The van der Waals surface area contributed by atoms with Gasteiger partial charge in [-0.05, 0) is 60.6 Å². The molecule has 8 heteroatoms. The highest BCUT2D eigenvalue weighted by Gasteiger charge is 2.18. The van der Waals surface area contributed by atoms with Gasteiger partial charge in [0.15, 0.2) is 5.13 Å². The van der Waals surface area contributed by atoms with Gasteiger partial charge in [-0.1, -0.05) is 24.3 Å². The second-order valence-corrected chi connectivity index (χ2v) is 9.59. The molecular weight excluding hydrogens is 439 g/mol. The van der Waals surface area contributed by atoms with Crippen molar-refractivity contribution in [2.45, 2.75) is 32.7 Å². The normalized spacial score (nSPS) is 14.3. The summed E-state index contributed by atoms with van der Waals surface area (Å²) in [6.07, 6.45) is 4.31. The molecule has 3 aromatic rings. The summed E-state index contributed by atoms with van der Waals surface area (Å²) in [5.74, 6) is 0.205. The summed E-state index contributed by atoms with van der Waals surface area (Å²) < 4.78 is 13.7. The Balaban J connectivity index is 1.24. The highest BCUT2D eigenvalue weighted by atomic mass is 32.1. The van der Waals surface area contributed by atoms with Crippen LogP contribution in [-0.2, 0) is 13.0 Å². The van der Waals surface area contributed by atoms with Gasteiger partial charge in [0.1, 0.15) is 5.82 Å². The molecule has 0 unspecified atom stereocenters. The van der Waals surface area contributed by atoms with Crippen molar-refractivity contribution < 1.29 is 14.3 Å². The van der Waals surface area contributed by atoms with E-state index in [0.29, 0.717) is 29.6 Å². The van der Waals surface area contributed by atoms with Crippen molar-refractivity contribution in [2.24, 2.45) is 5.92 Å². The molecule has 2 heterocycles. The molecule has 2 amide bonds. The Hall–Kier alpha value is -2.97. The summed E-state index contributed by atoms with van der Waals surface area (Å²) in [6.45, 7) is 4.35. The number of aromatic nitrogens is 1. The third-order valence-corrected chi connectivity index (χ3v) is 6.93. The van der Waals surface area contributed by atoms with Gasteiger partial charge in [0.2, 0.25) is 0 Å². The minimum atomic E-state index is -0.313. The average molecular weight is 469 g/mol. The Morgan fingerprint density at radius 1 is 1.18 bits per heavy atom. The van der Waals surface area contributed by atoms with E-state index in [2.05, 4.69) is 32.7 Å². The molecule has 2 aromatic carbocycles. The number of carbonyl (C=O) groups is 1. The molecule has 4 rings (SSSR count). The van der Waals surface area contributed by atoms with Gasteiger partial charge in [-0.3, -0.25) is 5.32 Å². The Labute approximate surface area is 197 Å². The molecule has 174 valence electrons. The molecule has 0 saturated carbocycles. The molecule has 1 aliphatic rings. The maximum absolute atomic E-state index is 13.7. The molecule has 1 aromatic heterocycles. The Kier molecular flexibility index (Phi) is 7.57. The number of aliphatic hydroxyl groups excluding tert-OH is 1. The fourth-order valence-electron chi connectivity index (χ4n) is 3.92. The summed E-state index contributed by atoms with van der Waals surface area (Å²) in [5.41, 5.74) is 3.68. The molecule has 0 aliphatic carbocycles. The van der Waals surface area contributed by atoms with Crippen LogP contribution in [-0.4, -0.2) is 35.8 Å². The Bertz CT molecular complexity index is 1080. The zero-order chi connectivity index (χ0) is 23.2. The van der Waals surface area contributed by atoms with Crippen LogP contribution >= 0.6 is 11.3 Å². The zero-order valence-electron chi connectivity index (χ0n) is 18.7. The molecule has 1 saturated heterocycles. The third-order valence-electron chi connectivity index (χ3n) is 6.02. The topological polar surface area (TPSA) is 77.5 Å². The first kappa shape index (κ1) is 23.2. The van der Waals surface area contributed by atoms with Gasteiger partial charge in [0, 0.05) is 49.4 Å². The molecular formula is C25H29FN4O2S. The van der Waals surface area contributed by atoms with Crippen molar-refractivity contribution in [2.75, 3.05) is 29.9 Å². The summed E-state index contributed by atoms with van der Waals surface area (Å²) >= 11 is 1.38. The highest BCUT2D eigenvalue weighted by molar-refractivity contribution is 7.15. The van der Waals surface area contributed by atoms with Gasteiger partial charge in [-0.25, -0.2) is 14.2 Å². The van der Waals surface area contributed by atoms with E-state index in [0.717, 1.165) is 41.9 Å². The van der Waals surface area contributed by atoms with Crippen LogP contribution in [0.4, 0.5) is 20.0 Å². The molecule has 0 radical (unpaired) electrons. The second-order valence-electron chi connectivity index (χ2n) is 8.48. The number of urea groups is 1. The minimum absolute atomic E-state index is 0.214. The van der Waals surface area contributed by atoms with Gasteiger partial charge in [0.25, 0.3) is 0 Å². The van der Waals surface area contributed by atoms with Gasteiger partial charge in [-0.2, -0.15) is 0 Å². The van der Waals surface area contributed by atoms with E-state index in [9.17, 15) is 14.3 Å². The van der Waals surface area contributed by atoms with Crippen LogP contribution in [0.15, 0.2) is 48.7 Å². The van der Waals surface area contributed by atoms with Crippen LogP contribution in [0.5, 0.6) is 0 Å². The molecule has 1 aliphatic heterocycles. The number of nitrogens with zero attached hydrogens (tertiary/aromatic N) is 2. The number of hydrogen-bond donors (Lipinski definition) is 3. The molecule has 1 fully saturated rings. The number of piperidine rings is 1. The lowest BCUT2D eigenvalue weighted by molar-refractivity contribution is 0.203. The van der Waals surface area contributed by atoms with E-state index in [1.165, 1.54) is 23.1 Å². The molecule has 6 nitrogen and oxygen atoms in total. The van der Waals surface area contributed by atoms with Crippen molar-refractivity contribution in [3.63, 3.8) is 0 Å². The van der Waals surface area contributed by atoms with Crippen molar-refractivity contribution in [1.29, 1.82) is 0 Å². The lowest BCUT2D eigenvalue weighted by atomic mass is 9.97. The zero-order valence-corrected chi connectivity index (χ0v) is 19.5. The number of aryl methyl sites for hydroxylation is 1. The number of aliphatic hydroxyl groups is 1. The molecule has 3 N–H and O–H groups in total. The number of hydrogen-bond acceptors (Lipinski definition) is 5. The van der Waals surface area contributed by atoms with Crippen LogP contribution in [0.1, 0.15) is 34.4 Å². The van der Waals surface area contributed by atoms with Gasteiger partial charge in [-0.15, -0.1) is 11.3 Å². The van der Waals surface area contributed by atoms with E-state index >= 15 is 0 Å². The first-order valence-electron chi connectivity index (χ1n) is 11.2. The lowest BCUT2D eigenvalue weighted by Gasteiger charge is -2.33. The third kappa shape index (κ3) is 6.30. The summed E-state index contributed by atoms with van der Waals surface area (Å²) in [5, 5.41) is 15.4. The van der Waals surface area contributed by atoms with E-state index in [-0.39, 0.29) is 18.5 Å². The second kappa shape index (κ2) is 10.8. The predicted octanol–water partition coefficient (Wildman–Crippen LogP) is 4.71. The number of benzene rings is 2. The fourth-order valence-corrected chi connectivity index (χ4v) is 4.76. The van der Waals surface area contributed by atoms with E-state index in [1.54, 1.807) is 19.2 Å². The fraction of sp³-hybridized carbons (Fsp3) is 0.360. The summed E-state index contributed by atoms with van der Waals surface area (Å²) in [6, 6.07) is 13.1. The standard InChI is InChI=1S/C25H29FN4O2S/c1-17-2-3-20(13-23(17)26)12-22-15-28-25(33-22)29-24(32)27-14-18-4-6-21(7-5-18)30-10-8-19(16-31)9-11-30/h2-7,13,15,19,31H,8-12,14,16H2,1H3,(H2,27,28,29,32). The van der Waals surface area contributed by atoms with E-state index in [4.69, 9.17) is 0 Å². The van der Waals surface area contributed by atoms with Gasteiger partial charge < -0.3 is 15.3 Å². The van der Waals surface area contributed by atoms with Crippen molar-refractivity contribution in [1.82, 2.24) is 10.3 Å². The van der Waals surface area contributed by atoms with E-state index < -0.39 is 0 Å². The quantitative estimate of drug-likeness (QED) is 0.469.